The third-order valence-electron chi connectivity index (χ3n) is 5.13. The summed E-state index contributed by atoms with van der Waals surface area (Å²) in [5, 5.41) is 3.80. The molecule has 0 spiro atoms. The molecule has 2 fully saturated rings. The molecular weight excluding hydrogens is 393 g/mol. The van der Waals surface area contributed by atoms with Gasteiger partial charge in [0.25, 0.3) is 0 Å². The summed E-state index contributed by atoms with van der Waals surface area (Å²) in [6.07, 6.45) is 5.32. The van der Waals surface area contributed by atoms with E-state index in [0.717, 1.165) is 52.0 Å². The van der Waals surface area contributed by atoms with Crippen LogP contribution < -0.4 is 5.32 Å². The Bertz CT molecular complexity index is 660. The van der Waals surface area contributed by atoms with Crippen LogP contribution >= 0.6 is 24.0 Å². The molecule has 1 unspecified atom stereocenters. The van der Waals surface area contributed by atoms with Gasteiger partial charge >= 0.3 is 0 Å². The van der Waals surface area contributed by atoms with Crippen molar-refractivity contribution in [2.45, 2.75) is 43.0 Å². The Morgan fingerprint density at radius 3 is 2.65 bits per heavy atom. The maximum absolute atomic E-state index is 13.2. The molecule has 3 rings (SSSR count). The van der Waals surface area contributed by atoms with Crippen molar-refractivity contribution in [3.05, 3.63) is 29.3 Å². The quantitative estimate of drug-likeness (QED) is 0.734. The minimum Gasteiger partial charge on any atom is -0.315 e. The average Bonchev–Trinajstić information content (AvgIpc) is 3.13. The van der Waals surface area contributed by atoms with Crippen LogP contribution in [0, 0.1) is 0 Å². The summed E-state index contributed by atoms with van der Waals surface area (Å²) < 4.78 is 28.2. The number of hydrogen-bond acceptors (Lipinski definition) is 4. The van der Waals surface area contributed by atoms with E-state index in [1.165, 1.54) is 12.8 Å². The van der Waals surface area contributed by atoms with Crippen LogP contribution in [0.15, 0.2) is 29.2 Å². The second kappa shape index (κ2) is 10.2. The predicted molar refractivity (Wildman–Crippen MR) is 109 cm³/mol. The monoisotopic (exact) mass is 421 g/mol. The van der Waals surface area contributed by atoms with Gasteiger partial charge < -0.3 is 10.2 Å². The van der Waals surface area contributed by atoms with Gasteiger partial charge in [-0.05, 0) is 76.5 Å². The van der Waals surface area contributed by atoms with E-state index in [4.69, 9.17) is 11.6 Å². The van der Waals surface area contributed by atoms with E-state index >= 15 is 0 Å². The predicted octanol–water partition coefficient (Wildman–Crippen LogP) is 2.99. The molecule has 1 atom stereocenters. The molecule has 5 nitrogen and oxygen atoms in total. The highest BCUT2D eigenvalue weighted by Gasteiger charge is 2.32. The van der Waals surface area contributed by atoms with Crippen molar-refractivity contribution < 1.29 is 8.42 Å². The highest BCUT2D eigenvalue weighted by atomic mass is 35.5. The van der Waals surface area contributed by atoms with Crippen LogP contribution in [0.5, 0.6) is 0 Å². The van der Waals surface area contributed by atoms with Crippen molar-refractivity contribution in [2.24, 2.45) is 0 Å². The summed E-state index contributed by atoms with van der Waals surface area (Å²) in [6.45, 7) is 5.52. The van der Waals surface area contributed by atoms with E-state index in [-0.39, 0.29) is 18.4 Å². The first-order valence-corrected chi connectivity index (χ1v) is 11.1. The fourth-order valence-electron chi connectivity index (χ4n) is 3.80. The Labute approximate surface area is 168 Å². The molecule has 2 aliphatic rings. The highest BCUT2D eigenvalue weighted by Crippen LogP contribution is 2.24. The lowest BCUT2D eigenvalue weighted by molar-refractivity contribution is 0.246. The summed E-state index contributed by atoms with van der Waals surface area (Å²) in [5.74, 6) is 0. The van der Waals surface area contributed by atoms with Gasteiger partial charge in [0.2, 0.25) is 10.0 Å². The molecule has 0 saturated carbocycles. The lowest BCUT2D eigenvalue weighted by atomic mass is 10.1. The fraction of sp³-hybridized carbons (Fsp3) is 0.667. The largest absolute Gasteiger partial charge is 0.315 e. The molecule has 1 aromatic carbocycles. The molecule has 0 amide bonds. The van der Waals surface area contributed by atoms with E-state index in [2.05, 4.69) is 10.2 Å². The molecule has 8 heteroatoms. The molecule has 0 aliphatic carbocycles. The van der Waals surface area contributed by atoms with Crippen molar-refractivity contribution in [1.29, 1.82) is 0 Å². The number of hydrogen-bond donors (Lipinski definition) is 1. The lowest BCUT2D eigenvalue weighted by Gasteiger charge is -2.34. The number of benzene rings is 1. The first kappa shape index (κ1) is 21.9. The second-order valence-corrected chi connectivity index (χ2v) is 9.30. The van der Waals surface area contributed by atoms with Gasteiger partial charge in [-0.1, -0.05) is 17.7 Å². The first-order valence-electron chi connectivity index (χ1n) is 9.28. The molecule has 1 N–H and O–H groups in total. The van der Waals surface area contributed by atoms with Crippen molar-refractivity contribution >= 4 is 34.0 Å². The number of sulfonamides is 1. The van der Waals surface area contributed by atoms with Crippen LogP contribution in [0.1, 0.15) is 32.1 Å². The zero-order valence-corrected chi connectivity index (χ0v) is 17.5. The second-order valence-electron chi connectivity index (χ2n) is 6.98. The van der Waals surface area contributed by atoms with E-state index < -0.39 is 10.0 Å². The number of halogens is 2. The van der Waals surface area contributed by atoms with Crippen LogP contribution in [0.4, 0.5) is 0 Å². The maximum Gasteiger partial charge on any atom is 0.243 e. The summed E-state index contributed by atoms with van der Waals surface area (Å²) in [6, 6.07) is 6.64. The van der Waals surface area contributed by atoms with Gasteiger partial charge in [0, 0.05) is 24.2 Å². The van der Waals surface area contributed by atoms with Gasteiger partial charge in [-0.3, -0.25) is 0 Å². The third-order valence-corrected chi connectivity index (χ3v) is 7.32. The Hall–Kier alpha value is -0.370. The van der Waals surface area contributed by atoms with Crippen LogP contribution in [0.2, 0.25) is 5.02 Å². The Kier molecular flexibility index (Phi) is 8.64. The smallest absolute Gasteiger partial charge is 0.243 e. The number of nitrogens with zero attached hydrogens (tertiary/aromatic N) is 2. The van der Waals surface area contributed by atoms with Crippen molar-refractivity contribution in [1.82, 2.24) is 14.5 Å². The summed E-state index contributed by atoms with van der Waals surface area (Å²) >= 11 is 6.03. The SMILES string of the molecule is Cl.O=S(=O)(c1cccc(Cl)c1)N(CCCN1CCCC1)C1CCCNC1. The Morgan fingerprint density at radius 1 is 1.23 bits per heavy atom. The summed E-state index contributed by atoms with van der Waals surface area (Å²) in [7, 11) is -3.53. The summed E-state index contributed by atoms with van der Waals surface area (Å²) in [5.41, 5.74) is 0. The minimum atomic E-state index is -3.53. The maximum atomic E-state index is 13.2. The first-order chi connectivity index (χ1) is 12.1. The van der Waals surface area contributed by atoms with Crippen LogP contribution in [0.3, 0.4) is 0 Å². The molecule has 26 heavy (non-hydrogen) atoms. The standard InChI is InChI=1S/C18H28ClN3O2S.ClH/c19-16-6-3-8-18(14-16)25(23,24)22(17-7-4-9-20-15-17)13-5-12-21-10-1-2-11-21;/h3,6,8,14,17,20H,1-2,4-5,7,9-13,15H2;1H. The van der Waals surface area contributed by atoms with E-state index in [9.17, 15) is 8.42 Å². The van der Waals surface area contributed by atoms with Crippen molar-refractivity contribution in [3.63, 3.8) is 0 Å². The lowest BCUT2D eigenvalue weighted by Crippen LogP contribution is -2.49. The normalized spacial score (nSPS) is 21.7. The van der Waals surface area contributed by atoms with Gasteiger partial charge in [0.05, 0.1) is 4.90 Å². The minimum absolute atomic E-state index is 0. The molecule has 0 aromatic heterocycles. The number of rotatable bonds is 7. The number of piperidine rings is 1. The van der Waals surface area contributed by atoms with Gasteiger partial charge in [0.1, 0.15) is 0 Å². The molecular formula is C18H29Cl2N3O2S. The van der Waals surface area contributed by atoms with E-state index in [1.54, 1.807) is 28.6 Å². The number of nitrogens with one attached hydrogen (secondary N) is 1. The molecule has 2 saturated heterocycles. The Balaban J connectivity index is 0.00000243. The molecule has 1 aromatic rings. The van der Waals surface area contributed by atoms with Crippen molar-refractivity contribution in [2.75, 3.05) is 39.3 Å². The van der Waals surface area contributed by atoms with Crippen LogP contribution in [-0.2, 0) is 10.0 Å². The molecule has 0 radical (unpaired) electrons. The molecule has 0 bridgehead atoms. The topological polar surface area (TPSA) is 52.7 Å². The highest BCUT2D eigenvalue weighted by molar-refractivity contribution is 7.89. The van der Waals surface area contributed by atoms with Gasteiger partial charge in [-0.2, -0.15) is 4.31 Å². The number of likely N-dealkylation sites (tertiary alicyclic amines) is 1. The molecule has 2 aliphatic heterocycles. The Morgan fingerprint density at radius 2 is 2.00 bits per heavy atom. The van der Waals surface area contributed by atoms with E-state index in [1.807, 2.05) is 0 Å². The van der Waals surface area contributed by atoms with Crippen LogP contribution in [-0.4, -0.2) is 62.9 Å². The molecule has 148 valence electrons. The zero-order chi connectivity index (χ0) is 17.7. The van der Waals surface area contributed by atoms with Crippen LogP contribution in [0.25, 0.3) is 0 Å². The van der Waals surface area contributed by atoms with Gasteiger partial charge in [-0.15, -0.1) is 12.4 Å². The fourth-order valence-corrected chi connectivity index (χ4v) is 5.79. The van der Waals surface area contributed by atoms with E-state index in [0.29, 0.717) is 16.5 Å². The third kappa shape index (κ3) is 5.57. The zero-order valence-electron chi connectivity index (χ0n) is 15.1. The average molecular weight is 422 g/mol. The van der Waals surface area contributed by atoms with Gasteiger partial charge in [0.15, 0.2) is 0 Å². The summed E-state index contributed by atoms with van der Waals surface area (Å²) in [4.78, 5) is 2.73. The molecule has 2 heterocycles. The van der Waals surface area contributed by atoms with Gasteiger partial charge in [-0.25, -0.2) is 8.42 Å². The van der Waals surface area contributed by atoms with Crippen molar-refractivity contribution in [3.8, 4) is 0 Å².